The minimum Gasteiger partial charge on any atom is -0.384 e. The highest BCUT2D eigenvalue weighted by atomic mass is 32.2. The topological polar surface area (TPSA) is 38.0 Å². The normalized spacial score (nSPS) is 8.17. The summed E-state index contributed by atoms with van der Waals surface area (Å²) >= 11 is 5.72. The first-order chi connectivity index (χ1) is 2.77. The highest BCUT2D eigenvalue weighted by molar-refractivity contribution is 8.21. The molecule has 0 spiro atoms. The van der Waals surface area contributed by atoms with Gasteiger partial charge in [-0.25, -0.2) is 0 Å². The van der Waals surface area contributed by atoms with Crippen LogP contribution in [0.3, 0.4) is 0 Å². The Hall–Kier alpha value is 0.200. The molecule has 0 heterocycles. The molecule has 0 amide bonds. The summed E-state index contributed by atoms with van der Waals surface area (Å²) < 4.78 is 3.15. The van der Waals surface area contributed by atoms with E-state index in [0.29, 0.717) is 4.32 Å². The Balaban J connectivity index is 2.83. The Morgan fingerprint density at radius 3 is 2.50 bits per heavy atom. The monoisotopic (exact) mass is 122 g/mol. The molecular formula is C2H6N2S2. The van der Waals surface area contributed by atoms with Crippen molar-refractivity contribution >= 4 is 28.5 Å². The molecule has 0 fully saturated rings. The number of rotatable bonds is 1. The van der Waals surface area contributed by atoms with Gasteiger partial charge in [0.05, 0.1) is 0 Å². The lowest BCUT2D eigenvalue weighted by Gasteiger charge is -1.87. The number of nitrogens with two attached hydrogens (primary N) is 1. The summed E-state index contributed by atoms with van der Waals surface area (Å²) in [7, 11) is 1.77. The summed E-state index contributed by atoms with van der Waals surface area (Å²) in [5.74, 6) is 0. The molecule has 3 N–H and O–H groups in total. The highest BCUT2D eigenvalue weighted by Gasteiger charge is 1.78. The van der Waals surface area contributed by atoms with Crippen LogP contribution in [0.1, 0.15) is 0 Å². The first-order valence-corrected chi connectivity index (χ1v) is 2.63. The van der Waals surface area contributed by atoms with E-state index in [0.717, 1.165) is 0 Å². The Morgan fingerprint density at radius 1 is 2.00 bits per heavy atom. The van der Waals surface area contributed by atoms with Gasteiger partial charge in [-0.1, -0.05) is 12.2 Å². The van der Waals surface area contributed by atoms with Crippen LogP contribution in [0.25, 0.3) is 0 Å². The van der Waals surface area contributed by atoms with Crippen molar-refractivity contribution in [3.05, 3.63) is 0 Å². The molecule has 4 heteroatoms. The fraction of sp³-hybridized carbons (Fsp3) is 0.500. The zero-order valence-corrected chi connectivity index (χ0v) is 5.03. The lowest BCUT2D eigenvalue weighted by Crippen LogP contribution is -2.07. The molecule has 6 heavy (non-hydrogen) atoms. The van der Waals surface area contributed by atoms with E-state index in [9.17, 15) is 0 Å². The SMILES string of the molecule is CNSC(N)=S. The number of nitrogens with one attached hydrogen (secondary N) is 1. The van der Waals surface area contributed by atoms with Crippen LogP contribution in [-0.2, 0) is 0 Å². The molecule has 0 atom stereocenters. The summed E-state index contributed by atoms with van der Waals surface area (Å²) in [5.41, 5.74) is 5.03. The van der Waals surface area contributed by atoms with E-state index in [1.54, 1.807) is 7.05 Å². The zero-order valence-electron chi connectivity index (χ0n) is 3.39. The Labute approximate surface area is 46.6 Å². The molecule has 0 aliphatic rings. The first-order valence-electron chi connectivity index (χ1n) is 1.40. The summed E-state index contributed by atoms with van der Waals surface area (Å²) in [4.78, 5) is 0. The largest absolute Gasteiger partial charge is 0.384 e. The molecule has 0 saturated carbocycles. The smallest absolute Gasteiger partial charge is 0.146 e. The average molecular weight is 122 g/mol. The van der Waals surface area contributed by atoms with Crippen LogP contribution >= 0.6 is 24.2 Å². The quantitative estimate of drug-likeness (QED) is 0.382. The Bertz CT molecular complexity index is 53.5. The maximum absolute atomic E-state index is 5.03. The molecule has 0 aliphatic carbocycles. The third kappa shape index (κ3) is 4.20. The van der Waals surface area contributed by atoms with E-state index < -0.39 is 0 Å². The summed E-state index contributed by atoms with van der Waals surface area (Å²) in [6.07, 6.45) is 0. The van der Waals surface area contributed by atoms with Gasteiger partial charge in [0.25, 0.3) is 0 Å². The highest BCUT2D eigenvalue weighted by Crippen LogP contribution is 1.86. The molecule has 0 aromatic carbocycles. The zero-order chi connectivity index (χ0) is 4.99. The number of hydrogen-bond donors (Lipinski definition) is 2. The number of thiocarbonyl (C=S) groups is 1. The molecular weight excluding hydrogens is 116 g/mol. The number of hydrogen-bond acceptors (Lipinski definition) is 3. The predicted octanol–water partition coefficient (Wildman–Crippen LogP) is 0.0976. The van der Waals surface area contributed by atoms with Gasteiger partial charge in [0, 0.05) is 0 Å². The molecule has 0 rings (SSSR count). The molecule has 0 aromatic rings. The van der Waals surface area contributed by atoms with Gasteiger partial charge in [0.15, 0.2) is 0 Å². The van der Waals surface area contributed by atoms with E-state index in [-0.39, 0.29) is 0 Å². The Morgan fingerprint density at radius 2 is 2.50 bits per heavy atom. The van der Waals surface area contributed by atoms with Gasteiger partial charge in [-0.15, -0.1) is 0 Å². The third-order valence-electron chi connectivity index (χ3n) is 0.203. The van der Waals surface area contributed by atoms with Crippen LogP contribution in [0.2, 0.25) is 0 Å². The second kappa shape index (κ2) is 3.39. The van der Waals surface area contributed by atoms with Crippen molar-refractivity contribution in [3.8, 4) is 0 Å². The van der Waals surface area contributed by atoms with Gasteiger partial charge in [-0.05, 0) is 19.0 Å². The summed E-state index contributed by atoms with van der Waals surface area (Å²) in [6, 6.07) is 0. The lowest BCUT2D eigenvalue weighted by atomic mass is 11.5. The van der Waals surface area contributed by atoms with Crippen LogP contribution < -0.4 is 10.5 Å². The second-order valence-electron chi connectivity index (χ2n) is 0.625. The molecule has 0 saturated heterocycles. The van der Waals surface area contributed by atoms with Crippen LogP contribution in [-0.4, -0.2) is 11.4 Å². The van der Waals surface area contributed by atoms with E-state index in [1.807, 2.05) is 0 Å². The van der Waals surface area contributed by atoms with E-state index >= 15 is 0 Å². The molecule has 2 nitrogen and oxygen atoms in total. The van der Waals surface area contributed by atoms with Crippen LogP contribution in [0.15, 0.2) is 0 Å². The van der Waals surface area contributed by atoms with Crippen molar-refractivity contribution in [2.24, 2.45) is 5.73 Å². The van der Waals surface area contributed by atoms with Gasteiger partial charge >= 0.3 is 0 Å². The maximum atomic E-state index is 5.03. The van der Waals surface area contributed by atoms with Crippen molar-refractivity contribution < 1.29 is 0 Å². The summed E-state index contributed by atoms with van der Waals surface area (Å²) in [5, 5.41) is 0. The van der Waals surface area contributed by atoms with E-state index in [2.05, 4.69) is 16.9 Å². The third-order valence-corrected chi connectivity index (χ3v) is 0.858. The minimum atomic E-state index is 0.428. The van der Waals surface area contributed by atoms with Gasteiger partial charge in [0.2, 0.25) is 0 Å². The van der Waals surface area contributed by atoms with Crippen molar-refractivity contribution in [1.29, 1.82) is 0 Å². The van der Waals surface area contributed by atoms with Crippen molar-refractivity contribution in [3.63, 3.8) is 0 Å². The van der Waals surface area contributed by atoms with Crippen LogP contribution in [0.5, 0.6) is 0 Å². The lowest BCUT2D eigenvalue weighted by molar-refractivity contribution is 1.31. The molecule has 0 aliphatic heterocycles. The van der Waals surface area contributed by atoms with Gasteiger partial charge in [0.1, 0.15) is 4.32 Å². The standard InChI is InChI=1S/C2H6N2S2/c1-4-6-2(3)5/h4H,1H3,(H2,3,5). The maximum Gasteiger partial charge on any atom is 0.146 e. The van der Waals surface area contributed by atoms with E-state index in [1.165, 1.54) is 11.9 Å². The second-order valence-corrected chi connectivity index (χ2v) is 2.38. The summed E-state index contributed by atoms with van der Waals surface area (Å²) in [6.45, 7) is 0. The minimum absolute atomic E-state index is 0.428. The fourth-order valence-corrected chi connectivity index (χ4v) is 0.552. The molecule has 0 radical (unpaired) electrons. The van der Waals surface area contributed by atoms with E-state index in [4.69, 9.17) is 5.73 Å². The first kappa shape index (κ1) is 6.20. The van der Waals surface area contributed by atoms with Crippen molar-refractivity contribution in [1.82, 2.24) is 4.72 Å². The van der Waals surface area contributed by atoms with Gasteiger partial charge in [-0.3, -0.25) is 4.72 Å². The molecule has 0 unspecified atom stereocenters. The molecule has 0 aromatic heterocycles. The molecule has 0 bridgehead atoms. The van der Waals surface area contributed by atoms with Crippen molar-refractivity contribution in [2.45, 2.75) is 0 Å². The van der Waals surface area contributed by atoms with Crippen molar-refractivity contribution in [2.75, 3.05) is 7.05 Å². The average Bonchev–Trinajstić information content (AvgIpc) is 1.35. The van der Waals surface area contributed by atoms with Gasteiger partial charge in [-0.2, -0.15) is 0 Å². The molecule has 36 valence electrons. The fourth-order valence-electron chi connectivity index (χ4n) is 0.101. The van der Waals surface area contributed by atoms with Gasteiger partial charge < -0.3 is 5.73 Å². The Kier molecular flexibility index (Phi) is 3.51. The van der Waals surface area contributed by atoms with Crippen LogP contribution in [0, 0.1) is 0 Å². The predicted molar refractivity (Wildman–Crippen MR) is 33.4 cm³/mol. The van der Waals surface area contributed by atoms with Crippen LogP contribution in [0.4, 0.5) is 0 Å².